The Morgan fingerprint density at radius 2 is 1.38 bits per heavy atom. The molecule has 1 rings (SSSR count). The first-order valence-electron chi connectivity index (χ1n) is 2.23. The van der Waals surface area contributed by atoms with Crippen molar-refractivity contribution in [1.82, 2.24) is 0 Å². The third-order valence-electron chi connectivity index (χ3n) is 0.621. The zero-order chi connectivity index (χ0) is 7.78. The van der Waals surface area contributed by atoms with Crippen LogP contribution < -0.4 is 0 Å². The van der Waals surface area contributed by atoms with Crippen LogP contribution in [0.1, 0.15) is 6.92 Å². The van der Waals surface area contributed by atoms with E-state index in [0.29, 0.717) is 0 Å². The topological polar surface area (TPSA) is 82.1 Å². The average Bonchev–Trinajstić information content (AvgIpc) is 1.54. The average molecular weight is 255 g/mol. The summed E-state index contributed by atoms with van der Waals surface area (Å²) in [6.45, 7) is 1.07. The van der Waals surface area contributed by atoms with Crippen LogP contribution in [-0.2, 0) is 22.5 Å². The van der Waals surface area contributed by atoms with Gasteiger partial charge in [-0.3, -0.25) is 0 Å². The van der Waals surface area contributed by atoms with Gasteiger partial charge in [0, 0.05) is 105 Å². The van der Waals surface area contributed by atoms with E-state index < -0.39 is 22.5 Å². The van der Waals surface area contributed by atoms with Gasteiger partial charge in [0.25, 0.3) is 0 Å². The minimum absolute atomic E-state index is 0. The summed E-state index contributed by atoms with van der Waals surface area (Å²) in [5.74, 6) is -2.07. The van der Waals surface area contributed by atoms with E-state index in [-0.39, 0.29) is 88.7 Å². The summed E-state index contributed by atoms with van der Waals surface area (Å²) in [4.78, 5) is 0. The molecule has 2 atom stereocenters. The van der Waals surface area contributed by atoms with E-state index in [9.17, 15) is 9.13 Å². The summed E-state index contributed by atoms with van der Waals surface area (Å²) in [6.07, 6.45) is 0. The molecule has 0 aromatic heterocycles. The molecule has 0 amide bonds. The molecule has 13 heavy (non-hydrogen) atoms. The summed E-state index contributed by atoms with van der Waals surface area (Å²) >= 11 is 0. The Balaban J connectivity index is -0.000000333. The van der Waals surface area contributed by atoms with Crippen LogP contribution in [0.5, 0.6) is 0 Å². The van der Waals surface area contributed by atoms with Gasteiger partial charge < -0.3 is 5.11 Å². The van der Waals surface area contributed by atoms with Gasteiger partial charge in [-0.2, -0.15) is 0 Å². The van der Waals surface area contributed by atoms with Crippen molar-refractivity contribution in [3.8, 4) is 0 Å². The Morgan fingerprint density at radius 1 is 1.08 bits per heavy atom. The summed E-state index contributed by atoms with van der Waals surface area (Å²) in [7, 11) is -5.06. The molecule has 0 bridgehead atoms. The molecule has 0 aromatic rings. The molecule has 1 heterocycles. The van der Waals surface area contributed by atoms with E-state index >= 15 is 0 Å². The molecule has 6 nitrogen and oxygen atoms in total. The molecule has 59 valence electrons. The molecule has 1 N–H and O–H groups in total. The molecule has 11 heteroatoms. The first-order chi connectivity index (χ1) is 4.49. The Labute approximate surface area is 143 Å². The van der Waals surface area contributed by atoms with Gasteiger partial charge in [0.1, 0.15) is 0 Å². The number of hydrogen-bond acceptors (Lipinski definition) is 6. The molecule has 0 saturated carbocycles. The fraction of sp³-hybridized carbons (Fsp3) is 1.00. The molecule has 3 radical (unpaired) electrons. The third-order valence-corrected chi connectivity index (χ3v) is 2.66. The van der Waals surface area contributed by atoms with E-state index in [1.54, 1.807) is 0 Å². The SMILES string of the molecule is CC1(O)O[P+](=O)O[P+](=O)O1.[Na].[Na].[Na]. The summed E-state index contributed by atoms with van der Waals surface area (Å²) in [5.41, 5.74) is 0. The second-order valence-corrected chi connectivity index (χ2v) is 3.52. The van der Waals surface area contributed by atoms with Gasteiger partial charge in [0.05, 0.1) is 0 Å². The smallest absolute Gasteiger partial charge is 0.337 e. The maximum Gasteiger partial charge on any atom is 0.753 e. The van der Waals surface area contributed by atoms with Crippen molar-refractivity contribution < 1.29 is 27.6 Å². The molecule has 2 unspecified atom stereocenters. The maximum absolute atomic E-state index is 10.4. The Bertz CT molecular complexity index is 178. The minimum Gasteiger partial charge on any atom is -0.337 e. The summed E-state index contributed by atoms with van der Waals surface area (Å²) < 4.78 is 33.1. The van der Waals surface area contributed by atoms with Crippen molar-refractivity contribution in [2.45, 2.75) is 12.9 Å². The van der Waals surface area contributed by atoms with E-state index in [2.05, 4.69) is 13.4 Å². The van der Waals surface area contributed by atoms with Crippen molar-refractivity contribution >= 4 is 105 Å². The van der Waals surface area contributed by atoms with E-state index in [4.69, 9.17) is 5.11 Å². The first-order valence-corrected chi connectivity index (χ1v) is 4.42. The van der Waals surface area contributed by atoms with Crippen molar-refractivity contribution in [2.24, 2.45) is 0 Å². The normalized spacial score (nSPS) is 32.2. The van der Waals surface area contributed by atoms with Crippen LogP contribution in [0.3, 0.4) is 0 Å². The molecular formula is C2H4Na3O6P2+2. The van der Waals surface area contributed by atoms with E-state index in [1.165, 1.54) is 0 Å². The number of rotatable bonds is 0. The van der Waals surface area contributed by atoms with E-state index in [1.807, 2.05) is 0 Å². The second-order valence-electron chi connectivity index (χ2n) is 1.61. The van der Waals surface area contributed by atoms with Crippen LogP contribution in [0, 0.1) is 0 Å². The molecule has 1 saturated heterocycles. The molecule has 0 aromatic carbocycles. The van der Waals surface area contributed by atoms with Crippen LogP contribution in [0.25, 0.3) is 0 Å². The van der Waals surface area contributed by atoms with Crippen molar-refractivity contribution in [3.05, 3.63) is 0 Å². The fourth-order valence-corrected chi connectivity index (χ4v) is 1.77. The van der Waals surface area contributed by atoms with Crippen molar-refractivity contribution in [1.29, 1.82) is 0 Å². The zero-order valence-corrected chi connectivity index (χ0v) is 15.7. The van der Waals surface area contributed by atoms with Crippen LogP contribution in [-0.4, -0.2) is 99.8 Å². The minimum atomic E-state index is -2.53. The van der Waals surface area contributed by atoms with Crippen LogP contribution >= 0.6 is 16.5 Å². The van der Waals surface area contributed by atoms with Gasteiger partial charge in [-0.15, -0.1) is 0 Å². The summed E-state index contributed by atoms with van der Waals surface area (Å²) in [5, 5.41) is 8.82. The predicted molar refractivity (Wildman–Crippen MR) is 46.4 cm³/mol. The monoisotopic (exact) mass is 255 g/mol. The van der Waals surface area contributed by atoms with Crippen molar-refractivity contribution in [3.63, 3.8) is 0 Å². The Hall–Kier alpha value is 3.04. The van der Waals surface area contributed by atoms with Crippen molar-refractivity contribution in [2.75, 3.05) is 0 Å². The van der Waals surface area contributed by atoms with Gasteiger partial charge in [-0.05, 0) is 9.05 Å². The third kappa shape index (κ3) is 8.81. The largest absolute Gasteiger partial charge is 0.753 e. The second kappa shape index (κ2) is 9.11. The van der Waals surface area contributed by atoms with Crippen LogP contribution in [0.15, 0.2) is 0 Å². The number of hydrogen-bond donors (Lipinski definition) is 1. The zero-order valence-electron chi connectivity index (χ0n) is 7.88. The van der Waals surface area contributed by atoms with E-state index in [0.717, 1.165) is 6.92 Å². The van der Waals surface area contributed by atoms with Crippen LogP contribution in [0.2, 0.25) is 0 Å². The molecule has 1 aliphatic rings. The fourth-order valence-electron chi connectivity index (χ4n) is 0.381. The molecule has 1 fully saturated rings. The van der Waals surface area contributed by atoms with Gasteiger partial charge >= 0.3 is 22.5 Å². The van der Waals surface area contributed by atoms with Gasteiger partial charge in [0.2, 0.25) is 0 Å². The van der Waals surface area contributed by atoms with Gasteiger partial charge in [-0.1, -0.05) is 0 Å². The summed E-state index contributed by atoms with van der Waals surface area (Å²) in [6, 6.07) is 0. The predicted octanol–water partition coefficient (Wildman–Crippen LogP) is -0.112. The molecule has 0 aliphatic carbocycles. The Kier molecular flexibility index (Phi) is 15.0. The maximum atomic E-state index is 10.4. The van der Waals surface area contributed by atoms with Gasteiger partial charge in [0.15, 0.2) is 4.31 Å². The number of aliphatic hydroxyl groups is 1. The molecular weight excluding hydrogens is 251 g/mol. The first kappa shape index (κ1) is 21.3. The molecule has 1 aliphatic heterocycles. The molecule has 0 spiro atoms. The Morgan fingerprint density at radius 3 is 1.62 bits per heavy atom. The standard InChI is InChI=1S/C2H4O6P2.3Na/c1-2(3)6-9(4)8-10(5)7-2;;;/h3H,1H3;;;/q+2;;;. The van der Waals surface area contributed by atoms with Crippen LogP contribution in [0.4, 0.5) is 0 Å². The quantitative estimate of drug-likeness (QED) is 0.480. The van der Waals surface area contributed by atoms with Gasteiger partial charge in [-0.25, -0.2) is 0 Å².